The molecular weight excluding hydrogens is 280 g/mol. The van der Waals surface area contributed by atoms with E-state index < -0.39 is 0 Å². The summed E-state index contributed by atoms with van der Waals surface area (Å²) in [5.74, 6) is 0. The fourth-order valence-corrected chi connectivity index (χ4v) is 2.72. The van der Waals surface area contributed by atoms with Crippen molar-refractivity contribution < 1.29 is 4.74 Å². The zero-order valence-corrected chi connectivity index (χ0v) is 11.6. The van der Waals surface area contributed by atoms with Crippen LogP contribution in [0.25, 0.3) is 0 Å². The van der Waals surface area contributed by atoms with Crippen LogP contribution in [0.15, 0.2) is 22.9 Å². The van der Waals surface area contributed by atoms with Crippen molar-refractivity contribution in [1.82, 2.24) is 4.98 Å². The quantitative estimate of drug-likeness (QED) is 0.929. The first-order chi connectivity index (χ1) is 8.18. The number of halogens is 1. The SMILES string of the molecule is NC1(COCc2cncc(Br)c2)CCCCC1. The van der Waals surface area contributed by atoms with Crippen LogP contribution in [0.3, 0.4) is 0 Å². The Morgan fingerprint density at radius 2 is 2.06 bits per heavy atom. The van der Waals surface area contributed by atoms with Crippen molar-refractivity contribution in [1.29, 1.82) is 0 Å². The van der Waals surface area contributed by atoms with E-state index in [1.165, 1.54) is 19.3 Å². The molecule has 2 N–H and O–H groups in total. The number of nitrogens with two attached hydrogens (primary N) is 1. The summed E-state index contributed by atoms with van der Waals surface area (Å²) in [5.41, 5.74) is 7.29. The maximum absolute atomic E-state index is 6.30. The van der Waals surface area contributed by atoms with Crippen molar-refractivity contribution in [3.63, 3.8) is 0 Å². The zero-order chi connectivity index (χ0) is 12.1. The Labute approximate surface area is 111 Å². The molecule has 0 aliphatic heterocycles. The molecule has 1 aliphatic carbocycles. The minimum absolute atomic E-state index is 0.0995. The van der Waals surface area contributed by atoms with E-state index >= 15 is 0 Å². The molecule has 94 valence electrons. The number of hydrogen-bond acceptors (Lipinski definition) is 3. The molecule has 1 heterocycles. The number of rotatable bonds is 4. The summed E-state index contributed by atoms with van der Waals surface area (Å²) in [5, 5.41) is 0. The Kier molecular flexibility index (Phi) is 4.54. The molecule has 0 spiro atoms. The predicted molar refractivity (Wildman–Crippen MR) is 71.6 cm³/mol. The van der Waals surface area contributed by atoms with Crippen molar-refractivity contribution in [2.75, 3.05) is 6.61 Å². The number of nitrogens with zero attached hydrogens (tertiary/aromatic N) is 1. The number of aromatic nitrogens is 1. The topological polar surface area (TPSA) is 48.1 Å². The fourth-order valence-electron chi connectivity index (χ4n) is 2.31. The second-order valence-electron chi connectivity index (χ2n) is 4.93. The van der Waals surface area contributed by atoms with Crippen LogP contribution in [0.5, 0.6) is 0 Å². The van der Waals surface area contributed by atoms with E-state index in [1.807, 2.05) is 12.3 Å². The first-order valence-corrected chi connectivity index (χ1v) is 6.93. The van der Waals surface area contributed by atoms with Gasteiger partial charge in [0.05, 0.1) is 13.2 Å². The van der Waals surface area contributed by atoms with Gasteiger partial charge in [-0.05, 0) is 40.4 Å². The van der Waals surface area contributed by atoms with E-state index in [0.717, 1.165) is 22.9 Å². The highest BCUT2D eigenvalue weighted by molar-refractivity contribution is 9.10. The molecule has 4 heteroatoms. The molecule has 2 rings (SSSR count). The number of hydrogen-bond donors (Lipinski definition) is 1. The fraction of sp³-hybridized carbons (Fsp3) is 0.615. The van der Waals surface area contributed by atoms with Crippen LogP contribution in [-0.2, 0) is 11.3 Å². The van der Waals surface area contributed by atoms with Crippen molar-refractivity contribution in [3.8, 4) is 0 Å². The molecule has 0 amide bonds. The first-order valence-electron chi connectivity index (χ1n) is 6.14. The van der Waals surface area contributed by atoms with Crippen LogP contribution < -0.4 is 5.73 Å². The van der Waals surface area contributed by atoms with E-state index in [4.69, 9.17) is 10.5 Å². The maximum Gasteiger partial charge on any atom is 0.0733 e. The molecule has 0 unspecified atom stereocenters. The Morgan fingerprint density at radius 1 is 1.29 bits per heavy atom. The van der Waals surface area contributed by atoms with Gasteiger partial charge in [0.25, 0.3) is 0 Å². The van der Waals surface area contributed by atoms with Gasteiger partial charge in [0.2, 0.25) is 0 Å². The summed E-state index contributed by atoms with van der Waals surface area (Å²) >= 11 is 3.40. The monoisotopic (exact) mass is 298 g/mol. The van der Waals surface area contributed by atoms with Gasteiger partial charge in [-0.25, -0.2) is 0 Å². The largest absolute Gasteiger partial charge is 0.375 e. The lowest BCUT2D eigenvalue weighted by atomic mass is 9.83. The van der Waals surface area contributed by atoms with Crippen LogP contribution in [0.4, 0.5) is 0 Å². The molecule has 1 aromatic heterocycles. The minimum Gasteiger partial charge on any atom is -0.375 e. The van der Waals surface area contributed by atoms with Crippen LogP contribution >= 0.6 is 15.9 Å². The summed E-state index contributed by atoms with van der Waals surface area (Å²) in [6, 6.07) is 2.02. The molecule has 1 fully saturated rings. The molecule has 0 saturated heterocycles. The molecule has 1 aromatic rings. The average molecular weight is 299 g/mol. The van der Waals surface area contributed by atoms with Gasteiger partial charge in [-0.15, -0.1) is 0 Å². The van der Waals surface area contributed by atoms with Gasteiger partial charge in [-0.2, -0.15) is 0 Å². The summed E-state index contributed by atoms with van der Waals surface area (Å²) in [7, 11) is 0. The smallest absolute Gasteiger partial charge is 0.0733 e. The van der Waals surface area contributed by atoms with E-state index in [-0.39, 0.29) is 5.54 Å². The van der Waals surface area contributed by atoms with Crippen LogP contribution in [0.1, 0.15) is 37.7 Å². The van der Waals surface area contributed by atoms with Crippen molar-refractivity contribution in [2.45, 2.75) is 44.2 Å². The van der Waals surface area contributed by atoms with E-state index in [1.54, 1.807) is 6.20 Å². The third-order valence-electron chi connectivity index (χ3n) is 3.27. The molecule has 0 aromatic carbocycles. The third-order valence-corrected chi connectivity index (χ3v) is 3.70. The highest BCUT2D eigenvalue weighted by Gasteiger charge is 2.27. The molecule has 0 bridgehead atoms. The standard InChI is InChI=1S/C13H19BrN2O/c14-12-6-11(7-16-8-12)9-17-10-13(15)4-2-1-3-5-13/h6-8H,1-5,9-10,15H2. The van der Waals surface area contributed by atoms with Crippen molar-refractivity contribution >= 4 is 15.9 Å². The third kappa shape index (κ3) is 4.05. The van der Waals surface area contributed by atoms with Crippen LogP contribution in [0.2, 0.25) is 0 Å². The Bertz CT molecular complexity index is 364. The van der Waals surface area contributed by atoms with Gasteiger partial charge in [0.1, 0.15) is 0 Å². The van der Waals surface area contributed by atoms with Gasteiger partial charge in [-0.1, -0.05) is 19.3 Å². The summed E-state index contributed by atoms with van der Waals surface area (Å²) < 4.78 is 6.72. The highest BCUT2D eigenvalue weighted by atomic mass is 79.9. The number of ether oxygens (including phenoxy) is 1. The summed E-state index contributed by atoms with van der Waals surface area (Å²) in [6.45, 7) is 1.24. The van der Waals surface area contributed by atoms with Gasteiger partial charge in [-0.3, -0.25) is 4.98 Å². The van der Waals surface area contributed by atoms with Crippen molar-refractivity contribution in [2.24, 2.45) is 5.73 Å². The molecule has 3 nitrogen and oxygen atoms in total. The van der Waals surface area contributed by atoms with E-state index in [0.29, 0.717) is 13.2 Å². The lowest BCUT2D eigenvalue weighted by Crippen LogP contribution is -2.46. The minimum atomic E-state index is -0.0995. The Morgan fingerprint density at radius 3 is 2.76 bits per heavy atom. The molecular formula is C13H19BrN2O. The molecule has 1 aliphatic rings. The van der Waals surface area contributed by atoms with Crippen molar-refractivity contribution in [3.05, 3.63) is 28.5 Å². The van der Waals surface area contributed by atoms with Crippen LogP contribution in [0, 0.1) is 0 Å². The second-order valence-corrected chi connectivity index (χ2v) is 5.84. The van der Waals surface area contributed by atoms with Gasteiger partial charge in [0.15, 0.2) is 0 Å². The van der Waals surface area contributed by atoms with E-state index in [9.17, 15) is 0 Å². The average Bonchev–Trinajstić information content (AvgIpc) is 2.30. The predicted octanol–water partition coefficient (Wildman–Crippen LogP) is 3.02. The summed E-state index contributed by atoms with van der Waals surface area (Å²) in [4.78, 5) is 4.11. The lowest BCUT2D eigenvalue weighted by molar-refractivity contribution is 0.0573. The highest BCUT2D eigenvalue weighted by Crippen LogP contribution is 2.26. The first kappa shape index (κ1) is 13.0. The summed E-state index contributed by atoms with van der Waals surface area (Å²) in [6.07, 6.45) is 9.56. The number of pyridine rings is 1. The Hall–Kier alpha value is -0.450. The molecule has 0 atom stereocenters. The van der Waals surface area contributed by atoms with Crippen LogP contribution in [-0.4, -0.2) is 17.1 Å². The van der Waals surface area contributed by atoms with Gasteiger partial charge >= 0.3 is 0 Å². The molecule has 1 saturated carbocycles. The second kappa shape index (κ2) is 5.94. The normalized spacial score (nSPS) is 19.2. The molecule has 17 heavy (non-hydrogen) atoms. The van der Waals surface area contributed by atoms with E-state index in [2.05, 4.69) is 20.9 Å². The lowest BCUT2D eigenvalue weighted by Gasteiger charge is -2.33. The maximum atomic E-state index is 6.30. The zero-order valence-electron chi connectivity index (χ0n) is 9.99. The molecule has 0 radical (unpaired) electrons. The Balaban J connectivity index is 1.79. The van der Waals surface area contributed by atoms with Gasteiger partial charge in [0, 0.05) is 22.4 Å². The van der Waals surface area contributed by atoms with Gasteiger partial charge < -0.3 is 10.5 Å².